The number of nitrogens with zero attached hydrogens (tertiary/aromatic N) is 4. The van der Waals surface area contributed by atoms with Gasteiger partial charge in [-0.05, 0) is 74.2 Å². The average Bonchev–Trinajstić information content (AvgIpc) is 3.65. The second-order valence-corrected chi connectivity index (χ2v) is 13.8. The van der Waals surface area contributed by atoms with Crippen LogP contribution in [0.15, 0.2) is 66.7 Å². The molecule has 1 N–H and O–H groups in total. The van der Waals surface area contributed by atoms with Gasteiger partial charge in [0.1, 0.15) is 6.04 Å². The van der Waals surface area contributed by atoms with Crippen molar-refractivity contribution in [1.82, 2.24) is 19.6 Å². The molecule has 1 unspecified atom stereocenters. The van der Waals surface area contributed by atoms with Gasteiger partial charge in [-0.15, -0.1) is 0 Å². The number of rotatable bonds is 12. The minimum absolute atomic E-state index is 0.288. The van der Waals surface area contributed by atoms with Crippen LogP contribution in [0.3, 0.4) is 0 Å². The van der Waals surface area contributed by atoms with Gasteiger partial charge in [-0.3, -0.25) is 14.4 Å². The van der Waals surface area contributed by atoms with E-state index in [-0.39, 0.29) is 12.0 Å². The Bertz CT molecular complexity index is 1310. The summed E-state index contributed by atoms with van der Waals surface area (Å²) in [4.78, 5) is 17.7. The first kappa shape index (κ1) is 31.0. The molecule has 2 aliphatic heterocycles. The summed E-state index contributed by atoms with van der Waals surface area (Å²) in [6.07, 6.45) is 11.3. The summed E-state index contributed by atoms with van der Waals surface area (Å²) in [6, 6.07) is 23.6. The molecule has 3 fully saturated rings. The number of benzene rings is 2. The van der Waals surface area contributed by atoms with Crippen molar-refractivity contribution >= 4 is 5.97 Å². The van der Waals surface area contributed by atoms with Gasteiger partial charge in [0.25, 0.3) is 0 Å². The van der Waals surface area contributed by atoms with Crippen LogP contribution < -0.4 is 0 Å². The average molecular weight is 597 g/mol. The summed E-state index contributed by atoms with van der Waals surface area (Å²) in [5.41, 5.74) is 5.30. The maximum absolute atomic E-state index is 12.6. The van der Waals surface area contributed by atoms with E-state index in [0.29, 0.717) is 17.8 Å². The molecular formula is C38H52N4O2. The fourth-order valence-electron chi connectivity index (χ4n) is 8.44. The second kappa shape index (κ2) is 14.9. The lowest BCUT2D eigenvalue weighted by Crippen LogP contribution is -2.46. The third-order valence-corrected chi connectivity index (χ3v) is 10.8. The van der Waals surface area contributed by atoms with E-state index in [1.165, 1.54) is 48.2 Å². The number of piperidine rings is 1. The fraction of sp³-hybridized carbons (Fsp3) is 0.579. The van der Waals surface area contributed by atoms with Crippen LogP contribution >= 0.6 is 0 Å². The van der Waals surface area contributed by atoms with Crippen LogP contribution in [0.4, 0.5) is 0 Å². The summed E-state index contributed by atoms with van der Waals surface area (Å²) >= 11 is 0. The number of carboxylic acid groups (broad SMARTS) is 1. The van der Waals surface area contributed by atoms with Crippen molar-refractivity contribution < 1.29 is 9.90 Å². The normalized spacial score (nSPS) is 23.2. The van der Waals surface area contributed by atoms with Crippen molar-refractivity contribution in [2.75, 3.05) is 32.7 Å². The Morgan fingerprint density at radius 1 is 0.932 bits per heavy atom. The van der Waals surface area contributed by atoms with Gasteiger partial charge in [0.15, 0.2) is 0 Å². The van der Waals surface area contributed by atoms with E-state index in [1.54, 1.807) is 0 Å². The summed E-state index contributed by atoms with van der Waals surface area (Å²) in [6.45, 7) is 8.25. The maximum Gasteiger partial charge on any atom is 0.321 e. The van der Waals surface area contributed by atoms with E-state index >= 15 is 0 Å². The molecular weight excluding hydrogens is 544 g/mol. The molecule has 3 aliphatic rings. The Hall–Kier alpha value is -2.96. The second-order valence-electron chi connectivity index (χ2n) is 13.8. The highest BCUT2D eigenvalue weighted by atomic mass is 16.4. The Morgan fingerprint density at radius 3 is 2.32 bits per heavy atom. The number of unbranched alkanes of at least 4 members (excludes halogenated alkanes) is 1. The summed E-state index contributed by atoms with van der Waals surface area (Å²) in [5.74, 6) is 1.06. The summed E-state index contributed by atoms with van der Waals surface area (Å²) in [5, 5.41) is 15.5. The van der Waals surface area contributed by atoms with E-state index < -0.39 is 5.97 Å². The van der Waals surface area contributed by atoms with Gasteiger partial charge in [-0.2, -0.15) is 5.10 Å². The van der Waals surface area contributed by atoms with Gasteiger partial charge < -0.3 is 10.0 Å². The zero-order valence-electron chi connectivity index (χ0n) is 26.7. The van der Waals surface area contributed by atoms with E-state index in [1.807, 2.05) is 0 Å². The Kier molecular flexibility index (Phi) is 10.5. The number of likely N-dealkylation sites (tertiary alicyclic amines) is 2. The summed E-state index contributed by atoms with van der Waals surface area (Å²) < 4.78 is 2.32. The van der Waals surface area contributed by atoms with Crippen molar-refractivity contribution in [1.29, 1.82) is 0 Å². The highest BCUT2D eigenvalue weighted by molar-refractivity contribution is 5.74. The molecule has 44 heavy (non-hydrogen) atoms. The molecule has 2 aromatic carbocycles. The van der Waals surface area contributed by atoms with Crippen molar-refractivity contribution in [2.45, 2.75) is 95.6 Å². The number of aliphatic carboxylic acids is 1. The number of carbonyl (C=O) groups is 1. The minimum Gasteiger partial charge on any atom is -0.480 e. The van der Waals surface area contributed by atoms with Crippen LogP contribution in [0, 0.1) is 11.8 Å². The lowest BCUT2D eigenvalue weighted by atomic mass is 9.83. The molecule has 3 heterocycles. The van der Waals surface area contributed by atoms with Crippen molar-refractivity contribution in [3.05, 3.63) is 89.2 Å². The quantitative estimate of drug-likeness (QED) is 0.240. The zero-order valence-corrected chi connectivity index (χ0v) is 26.7. The van der Waals surface area contributed by atoms with Crippen LogP contribution in [-0.4, -0.2) is 69.4 Å². The SMILES string of the molecule is CCCCn1nc(Cc2ccccc2)cc1C1CCN(C[C@H]2CN([C@@H](C(=O)O)C3CCCCC3)CC2c2ccccc2)CC1. The lowest BCUT2D eigenvalue weighted by molar-refractivity contribution is -0.145. The fourth-order valence-corrected chi connectivity index (χ4v) is 8.44. The number of hydrogen-bond donors (Lipinski definition) is 1. The smallest absolute Gasteiger partial charge is 0.321 e. The molecule has 0 bridgehead atoms. The minimum atomic E-state index is -0.614. The molecule has 6 nitrogen and oxygen atoms in total. The van der Waals surface area contributed by atoms with Crippen LogP contribution in [-0.2, 0) is 17.8 Å². The standard InChI is InChI=1S/C38H52N4O2/c1-2-3-21-42-36(25-34(39-42)24-29-13-7-4-8-14-29)31-19-22-40(23-20-31)26-33-27-41(28-35(33)30-15-9-5-10-16-30)37(38(43)44)32-17-11-6-12-18-32/h4-5,7-10,13-16,25,31-33,35,37H,2-3,6,11-12,17-24,26-28H2,1H3,(H,43,44)/t33-,35?,37+/m0/s1. The third-order valence-electron chi connectivity index (χ3n) is 10.8. The molecule has 2 saturated heterocycles. The summed E-state index contributed by atoms with van der Waals surface area (Å²) in [7, 11) is 0. The Morgan fingerprint density at radius 2 is 1.64 bits per heavy atom. The molecule has 6 rings (SSSR count). The van der Waals surface area contributed by atoms with E-state index in [9.17, 15) is 9.90 Å². The Balaban J connectivity index is 1.13. The molecule has 6 heteroatoms. The first-order valence-electron chi connectivity index (χ1n) is 17.4. The van der Waals surface area contributed by atoms with Crippen molar-refractivity contribution in [3.63, 3.8) is 0 Å². The van der Waals surface area contributed by atoms with Gasteiger partial charge >= 0.3 is 5.97 Å². The predicted molar refractivity (Wildman–Crippen MR) is 177 cm³/mol. The van der Waals surface area contributed by atoms with Gasteiger partial charge in [-0.25, -0.2) is 0 Å². The number of aryl methyl sites for hydroxylation is 1. The van der Waals surface area contributed by atoms with Gasteiger partial charge in [0, 0.05) is 50.1 Å². The molecule has 1 aromatic heterocycles. The van der Waals surface area contributed by atoms with Crippen molar-refractivity contribution in [3.8, 4) is 0 Å². The van der Waals surface area contributed by atoms with Crippen LogP contribution in [0.5, 0.6) is 0 Å². The zero-order chi connectivity index (χ0) is 30.3. The molecule has 3 atom stereocenters. The first-order chi connectivity index (χ1) is 21.6. The van der Waals surface area contributed by atoms with Gasteiger partial charge in [0.05, 0.1) is 5.69 Å². The number of carboxylic acids is 1. The molecule has 1 aliphatic carbocycles. The van der Waals surface area contributed by atoms with E-state index in [0.717, 1.165) is 77.8 Å². The van der Waals surface area contributed by atoms with Gasteiger partial charge in [0.2, 0.25) is 0 Å². The largest absolute Gasteiger partial charge is 0.480 e. The van der Waals surface area contributed by atoms with Gasteiger partial charge in [-0.1, -0.05) is 93.3 Å². The predicted octanol–water partition coefficient (Wildman–Crippen LogP) is 7.20. The molecule has 0 amide bonds. The highest BCUT2D eigenvalue weighted by Crippen LogP contribution is 2.39. The van der Waals surface area contributed by atoms with Crippen LogP contribution in [0.2, 0.25) is 0 Å². The molecule has 3 aromatic rings. The molecule has 1 saturated carbocycles. The monoisotopic (exact) mass is 596 g/mol. The first-order valence-corrected chi connectivity index (χ1v) is 17.4. The number of aromatic nitrogens is 2. The van der Waals surface area contributed by atoms with Crippen molar-refractivity contribution in [2.24, 2.45) is 11.8 Å². The van der Waals surface area contributed by atoms with Crippen LogP contribution in [0.1, 0.15) is 99.1 Å². The third kappa shape index (κ3) is 7.46. The molecule has 0 spiro atoms. The van der Waals surface area contributed by atoms with Crippen LogP contribution in [0.25, 0.3) is 0 Å². The van der Waals surface area contributed by atoms with E-state index in [2.05, 4.69) is 88.1 Å². The highest BCUT2D eigenvalue weighted by Gasteiger charge is 2.43. The lowest BCUT2D eigenvalue weighted by Gasteiger charge is -2.35. The molecule has 236 valence electrons. The topological polar surface area (TPSA) is 61.6 Å². The maximum atomic E-state index is 12.6. The Labute approximate surface area is 264 Å². The molecule has 0 radical (unpaired) electrons. The number of hydrogen-bond acceptors (Lipinski definition) is 4. The van der Waals surface area contributed by atoms with E-state index in [4.69, 9.17) is 5.10 Å².